The first-order chi connectivity index (χ1) is 18.8. The number of benzene rings is 3. The first-order valence-corrected chi connectivity index (χ1v) is 14.9. The third kappa shape index (κ3) is 8.76. The Labute approximate surface area is 238 Å². The predicted molar refractivity (Wildman–Crippen MR) is 152 cm³/mol. The summed E-state index contributed by atoms with van der Waals surface area (Å²) in [6.45, 7) is 3.49. The fourth-order valence-electron chi connectivity index (χ4n) is 4.02. The quantitative estimate of drug-likeness (QED) is 0.328. The maximum absolute atomic E-state index is 14.0. The number of sulfonamides is 1. The lowest BCUT2D eigenvalue weighted by Gasteiger charge is -2.33. The summed E-state index contributed by atoms with van der Waals surface area (Å²) >= 11 is 6.04. The van der Waals surface area contributed by atoms with E-state index in [2.05, 4.69) is 5.32 Å². The number of amides is 2. The van der Waals surface area contributed by atoms with E-state index in [-0.39, 0.29) is 24.6 Å². The van der Waals surface area contributed by atoms with Crippen molar-refractivity contribution in [2.24, 2.45) is 5.92 Å². The van der Waals surface area contributed by atoms with Gasteiger partial charge >= 0.3 is 0 Å². The van der Waals surface area contributed by atoms with Crippen LogP contribution in [0, 0.1) is 17.6 Å². The number of halogens is 3. The molecule has 0 aliphatic rings. The number of nitrogens with one attached hydrogen (secondary N) is 1. The first-order valence-electron chi connectivity index (χ1n) is 12.6. The van der Waals surface area contributed by atoms with Gasteiger partial charge in [0, 0.05) is 30.6 Å². The maximum atomic E-state index is 14.0. The first kappa shape index (κ1) is 31.0. The molecule has 7 nitrogen and oxygen atoms in total. The molecule has 0 heterocycles. The zero-order chi connectivity index (χ0) is 29.4. The maximum Gasteiger partial charge on any atom is 0.244 e. The van der Waals surface area contributed by atoms with Crippen LogP contribution in [0.1, 0.15) is 25.0 Å². The molecule has 0 bridgehead atoms. The molecule has 40 heavy (non-hydrogen) atoms. The van der Waals surface area contributed by atoms with Crippen LogP contribution >= 0.6 is 11.6 Å². The molecule has 3 aromatic carbocycles. The van der Waals surface area contributed by atoms with E-state index in [1.165, 1.54) is 4.90 Å². The van der Waals surface area contributed by atoms with Crippen LogP contribution in [0.25, 0.3) is 0 Å². The molecule has 0 fully saturated rings. The van der Waals surface area contributed by atoms with Crippen LogP contribution in [0.5, 0.6) is 0 Å². The van der Waals surface area contributed by atoms with E-state index in [4.69, 9.17) is 11.6 Å². The molecule has 1 N–H and O–H groups in total. The van der Waals surface area contributed by atoms with Crippen LogP contribution in [-0.4, -0.2) is 50.5 Å². The lowest BCUT2D eigenvalue weighted by molar-refractivity contribution is -0.140. The number of hydrogen-bond acceptors (Lipinski definition) is 4. The number of rotatable bonds is 12. The topological polar surface area (TPSA) is 86.8 Å². The zero-order valence-corrected chi connectivity index (χ0v) is 24.1. The number of carbonyl (C=O) groups excluding carboxylic acids is 2. The Morgan fingerprint density at radius 2 is 1.57 bits per heavy atom. The van der Waals surface area contributed by atoms with Crippen molar-refractivity contribution in [2.45, 2.75) is 32.9 Å². The number of anilines is 1. The van der Waals surface area contributed by atoms with Gasteiger partial charge in [-0.15, -0.1) is 0 Å². The van der Waals surface area contributed by atoms with Gasteiger partial charge in [-0.05, 0) is 41.3 Å². The monoisotopic (exact) mass is 591 g/mol. The number of hydrogen-bond donors (Lipinski definition) is 1. The molecule has 1 atom stereocenters. The summed E-state index contributed by atoms with van der Waals surface area (Å²) in [4.78, 5) is 28.8. The van der Waals surface area contributed by atoms with Gasteiger partial charge in [0.2, 0.25) is 21.8 Å². The van der Waals surface area contributed by atoms with Gasteiger partial charge in [0.25, 0.3) is 0 Å². The Morgan fingerprint density at radius 1 is 0.925 bits per heavy atom. The van der Waals surface area contributed by atoms with Crippen LogP contribution in [-0.2, 0) is 32.6 Å². The Balaban J connectivity index is 2.05. The SMILES string of the molecule is CC(C)CNC(=O)C(Cc1ccccc1)N(Cc1ccc(Cl)cc1)C(=O)CN(c1ccc(F)c(F)c1)S(C)(=O)=O. The molecule has 11 heteroatoms. The van der Waals surface area contributed by atoms with Gasteiger partial charge in [-0.1, -0.05) is 67.9 Å². The third-order valence-electron chi connectivity index (χ3n) is 6.09. The van der Waals surface area contributed by atoms with Crippen molar-refractivity contribution < 1.29 is 26.8 Å². The molecule has 214 valence electrons. The molecule has 0 aliphatic heterocycles. The predicted octanol–water partition coefficient (Wildman–Crippen LogP) is 4.80. The highest BCUT2D eigenvalue weighted by Crippen LogP contribution is 2.23. The summed E-state index contributed by atoms with van der Waals surface area (Å²) in [6.07, 6.45) is 1.02. The molecule has 3 aromatic rings. The lowest BCUT2D eigenvalue weighted by atomic mass is 10.0. The Bertz CT molecular complexity index is 1420. The molecule has 0 saturated carbocycles. The highest BCUT2D eigenvalue weighted by atomic mass is 35.5. The van der Waals surface area contributed by atoms with Crippen molar-refractivity contribution in [3.8, 4) is 0 Å². The molecular weight excluding hydrogens is 560 g/mol. The minimum Gasteiger partial charge on any atom is -0.354 e. The largest absolute Gasteiger partial charge is 0.354 e. The van der Waals surface area contributed by atoms with E-state index in [9.17, 15) is 26.8 Å². The van der Waals surface area contributed by atoms with E-state index in [0.29, 0.717) is 27.5 Å². The molecule has 0 aliphatic carbocycles. The van der Waals surface area contributed by atoms with Gasteiger partial charge < -0.3 is 10.2 Å². The van der Waals surface area contributed by atoms with E-state index >= 15 is 0 Å². The molecule has 3 rings (SSSR count). The molecule has 0 saturated heterocycles. The lowest BCUT2D eigenvalue weighted by Crippen LogP contribution is -2.53. The number of nitrogens with zero attached hydrogens (tertiary/aromatic N) is 2. The molecule has 1 unspecified atom stereocenters. The van der Waals surface area contributed by atoms with Gasteiger partial charge in [-0.3, -0.25) is 13.9 Å². The number of carbonyl (C=O) groups is 2. The van der Waals surface area contributed by atoms with Gasteiger partial charge in [0.15, 0.2) is 11.6 Å². The fraction of sp³-hybridized carbons (Fsp3) is 0.310. The second-order valence-electron chi connectivity index (χ2n) is 9.86. The Morgan fingerprint density at radius 3 is 2.15 bits per heavy atom. The standard InChI is InChI=1S/C29H32ClF2N3O4S/c1-20(2)17-33-29(37)27(15-21-7-5-4-6-8-21)34(18-22-9-11-23(30)12-10-22)28(36)19-35(40(3,38)39)24-13-14-25(31)26(32)16-24/h4-14,16,20,27H,15,17-19H2,1-3H3,(H,33,37). The smallest absolute Gasteiger partial charge is 0.244 e. The van der Waals surface area contributed by atoms with Crippen LogP contribution in [0.4, 0.5) is 14.5 Å². The fourth-order valence-corrected chi connectivity index (χ4v) is 4.98. The molecular formula is C29H32ClF2N3O4S. The second-order valence-corrected chi connectivity index (χ2v) is 12.2. The van der Waals surface area contributed by atoms with E-state index < -0.39 is 46.1 Å². The van der Waals surface area contributed by atoms with E-state index in [0.717, 1.165) is 24.0 Å². The summed E-state index contributed by atoms with van der Waals surface area (Å²) < 4.78 is 53.7. The Hall–Kier alpha value is -3.50. The minimum atomic E-state index is -4.10. The van der Waals surface area contributed by atoms with Gasteiger partial charge in [-0.2, -0.15) is 0 Å². The average Bonchev–Trinajstić information content (AvgIpc) is 2.90. The van der Waals surface area contributed by atoms with Gasteiger partial charge in [0.05, 0.1) is 11.9 Å². The second kappa shape index (κ2) is 13.7. The van der Waals surface area contributed by atoms with Gasteiger partial charge in [-0.25, -0.2) is 17.2 Å². The zero-order valence-electron chi connectivity index (χ0n) is 22.5. The normalized spacial score (nSPS) is 12.2. The Kier molecular flexibility index (Phi) is 10.6. The summed E-state index contributed by atoms with van der Waals surface area (Å²) in [6, 6.07) is 17.4. The molecule has 0 radical (unpaired) electrons. The molecule has 2 amide bonds. The van der Waals surface area contributed by atoms with Crippen LogP contribution in [0.3, 0.4) is 0 Å². The summed E-state index contributed by atoms with van der Waals surface area (Å²) in [5.74, 6) is -3.37. The minimum absolute atomic E-state index is 0.0298. The van der Waals surface area contributed by atoms with Crippen LogP contribution < -0.4 is 9.62 Å². The van der Waals surface area contributed by atoms with Crippen LogP contribution in [0.2, 0.25) is 5.02 Å². The van der Waals surface area contributed by atoms with Gasteiger partial charge in [0.1, 0.15) is 12.6 Å². The van der Waals surface area contributed by atoms with Crippen molar-refractivity contribution in [3.05, 3.63) is 101 Å². The molecule has 0 spiro atoms. The van der Waals surface area contributed by atoms with Crippen molar-refractivity contribution in [2.75, 3.05) is 23.7 Å². The van der Waals surface area contributed by atoms with E-state index in [1.807, 2.05) is 44.2 Å². The highest BCUT2D eigenvalue weighted by molar-refractivity contribution is 7.92. The average molecular weight is 592 g/mol. The summed E-state index contributed by atoms with van der Waals surface area (Å²) in [5, 5.41) is 3.37. The van der Waals surface area contributed by atoms with Crippen LogP contribution in [0.15, 0.2) is 72.8 Å². The highest BCUT2D eigenvalue weighted by Gasteiger charge is 2.33. The molecule has 0 aromatic heterocycles. The van der Waals surface area contributed by atoms with Crippen molar-refractivity contribution in [1.82, 2.24) is 10.2 Å². The third-order valence-corrected chi connectivity index (χ3v) is 7.48. The van der Waals surface area contributed by atoms with Crippen molar-refractivity contribution >= 4 is 39.1 Å². The van der Waals surface area contributed by atoms with E-state index in [1.54, 1.807) is 24.3 Å². The van der Waals surface area contributed by atoms with Crippen molar-refractivity contribution in [3.63, 3.8) is 0 Å². The summed E-state index contributed by atoms with van der Waals surface area (Å²) in [5.41, 5.74) is 1.23. The van der Waals surface area contributed by atoms with Crippen molar-refractivity contribution in [1.29, 1.82) is 0 Å². The summed E-state index contributed by atoms with van der Waals surface area (Å²) in [7, 11) is -4.10.